The Kier molecular flexibility index (Phi) is 6.62. The van der Waals surface area contributed by atoms with E-state index in [9.17, 15) is 22.8 Å². The highest BCUT2D eigenvalue weighted by molar-refractivity contribution is 6.12. The van der Waals surface area contributed by atoms with Crippen molar-refractivity contribution in [2.75, 3.05) is 43.1 Å². The number of amides is 1. The maximum atomic E-state index is 13.4. The smallest absolute Gasteiger partial charge is 0.422 e. The Morgan fingerprint density at radius 3 is 2.51 bits per heavy atom. The number of nitrogens with one attached hydrogen (secondary N) is 2. The summed E-state index contributed by atoms with van der Waals surface area (Å²) in [6.45, 7) is 1.41. The van der Waals surface area contributed by atoms with E-state index in [2.05, 4.69) is 15.2 Å². The highest BCUT2D eigenvalue weighted by Gasteiger charge is 2.29. The molecule has 0 bridgehead atoms. The molecule has 0 spiro atoms. The molecule has 11 heteroatoms. The molecule has 1 saturated heterocycles. The molecule has 2 N–H and O–H groups in total. The van der Waals surface area contributed by atoms with Gasteiger partial charge in [-0.3, -0.25) is 14.2 Å². The molecule has 2 aromatic heterocycles. The first-order valence-corrected chi connectivity index (χ1v) is 11.6. The fourth-order valence-electron chi connectivity index (χ4n) is 4.22. The number of ether oxygens (including phenoxy) is 2. The zero-order chi connectivity index (χ0) is 26.0. The summed E-state index contributed by atoms with van der Waals surface area (Å²) in [7, 11) is 0. The molecule has 5 rings (SSSR count). The van der Waals surface area contributed by atoms with Gasteiger partial charge in [0.1, 0.15) is 5.75 Å². The van der Waals surface area contributed by atoms with Gasteiger partial charge in [-0.1, -0.05) is 12.1 Å². The third-order valence-electron chi connectivity index (χ3n) is 6.00. The maximum absolute atomic E-state index is 13.4. The van der Waals surface area contributed by atoms with Gasteiger partial charge in [-0.25, -0.2) is 0 Å². The number of fused-ring (bicyclic) bond motifs is 1. The fraction of sp³-hybridized carbons (Fsp3) is 0.231. The minimum Gasteiger partial charge on any atom is -0.482 e. The molecule has 1 aliphatic rings. The van der Waals surface area contributed by atoms with E-state index in [-0.39, 0.29) is 22.4 Å². The van der Waals surface area contributed by atoms with E-state index in [1.807, 2.05) is 12.1 Å². The van der Waals surface area contributed by atoms with Gasteiger partial charge in [-0.2, -0.15) is 13.2 Å². The van der Waals surface area contributed by atoms with E-state index in [4.69, 9.17) is 9.47 Å². The fourth-order valence-corrected chi connectivity index (χ4v) is 4.22. The van der Waals surface area contributed by atoms with Gasteiger partial charge < -0.3 is 24.7 Å². The number of rotatable bonds is 6. The van der Waals surface area contributed by atoms with Crippen LogP contribution in [0, 0.1) is 0 Å². The maximum Gasteiger partial charge on any atom is 0.422 e. The molecule has 8 nitrogen and oxygen atoms in total. The molecule has 0 radical (unpaired) electrons. The number of benzene rings is 2. The van der Waals surface area contributed by atoms with Crippen LogP contribution in [0.3, 0.4) is 0 Å². The summed E-state index contributed by atoms with van der Waals surface area (Å²) >= 11 is 0. The topological polar surface area (TPSA) is 88.6 Å². The van der Waals surface area contributed by atoms with Crippen molar-refractivity contribution >= 4 is 28.2 Å². The van der Waals surface area contributed by atoms with Crippen molar-refractivity contribution in [2.24, 2.45) is 0 Å². The molecule has 0 atom stereocenters. The van der Waals surface area contributed by atoms with Crippen molar-refractivity contribution < 1.29 is 27.4 Å². The van der Waals surface area contributed by atoms with Crippen molar-refractivity contribution in [1.29, 1.82) is 0 Å². The first-order valence-electron chi connectivity index (χ1n) is 11.6. The van der Waals surface area contributed by atoms with Crippen molar-refractivity contribution in [3.05, 3.63) is 82.9 Å². The van der Waals surface area contributed by atoms with E-state index in [0.717, 1.165) is 23.3 Å². The van der Waals surface area contributed by atoms with Crippen LogP contribution in [0.4, 0.5) is 24.5 Å². The van der Waals surface area contributed by atoms with E-state index in [0.29, 0.717) is 24.4 Å². The number of morpholine rings is 1. The summed E-state index contributed by atoms with van der Waals surface area (Å²) in [6, 6.07) is 14.9. The molecule has 4 aromatic rings. The SMILES string of the molecule is O=C(Nc1ccc(N2CCOCC2)cc1)c1c[nH]c2ccn(-c3ccccc3OCC(F)(F)F)c(=O)c12. The number of alkyl halides is 3. The van der Waals surface area contributed by atoms with Gasteiger partial charge in [0.2, 0.25) is 0 Å². The van der Waals surface area contributed by atoms with Crippen LogP contribution in [0.5, 0.6) is 5.75 Å². The minimum atomic E-state index is -4.53. The molecular formula is C26H23F3N4O4. The highest BCUT2D eigenvalue weighted by atomic mass is 19.4. The second-order valence-electron chi connectivity index (χ2n) is 8.45. The van der Waals surface area contributed by atoms with Crippen LogP contribution in [0.1, 0.15) is 10.4 Å². The van der Waals surface area contributed by atoms with E-state index in [1.165, 1.54) is 30.6 Å². The lowest BCUT2D eigenvalue weighted by Crippen LogP contribution is -2.36. The number of pyridine rings is 1. The lowest BCUT2D eigenvalue weighted by Gasteiger charge is -2.28. The molecule has 0 unspecified atom stereocenters. The van der Waals surface area contributed by atoms with Crippen molar-refractivity contribution in [3.63, 3.8) is 0 Å². The number of anilines is 2. The largest absolute Gasteiger partial charge is 0.482 e. The van der Waals surface area contributed by atoms with Gasteiger partial charge in [-0.15, -0.1) is 0 Å². The van der Waals surface area contributed by atoms with Gasteiger partial charge in [0, 0.05) is 36.9 Å². The van der Waals surface area contributed by atoms with Crippen LogP contribution >= 0.6 is 0 Å². The summed E-state index contributed by atoms with van der Waals surface area (Å²) in [5.74, 6) is -0.606. The van der Waals surface area contributed by atoms with E-state index >= 15 is 0 Å². The second kappa shape index (κ2) is 10.0. The van der Waals surface area contributed by atoms with E-state index < -0.39 is 24.2 Å². The normalized spacial score (nSPS) is 14.1. The number of H-pyrrole nitrogens is 1. The lowest BCUT2D eigenvalue weighted by molar-refractivity contribution is -0.153. The molecule has 0 aliphatic carbocycles. The molecule has 1 amide bonds. The number of nitrogens with zero attached hydrogens (tertiary/aromatic N) is 2. The van der Waals surface area contributed by atoms with Gasteiger partial charge >= 0.3 is 6.18 Å². The summed E-state index contributed by atoms with van der Waals surface area (Å²) in [5, 5.41) is 2.91. The van der Waals surface area contributed by atoms with Crippen LogP contribution in [0.25, 0.3) is 16.6 Å². The number of halogens is 3. The van der Waals surface area contributed by atoms with Crippen molar-refractivity contribution in [2.45, 2.75) is 6.18 Å². The number of aromatic amines is 1. The summed E-state index contributed by atoms with van der Waals surface area (Å²) in [4.78, 5) is 31.6. The summed E-state index contributed by atoms with van der Waals surface area (Å²) in [6.07, 6.45) is -1.68. The third-order valence-corrected chi connectivity index (χ3v) is 6.00. The number of carbonyl (C=O) groups is 1. The Bertz CT molecular complexity index is 1470. The van der Waals surface area contributed by atoms with Crippen LogP contribution in [-0.4, -0.2) is 54.5 Å². The minimum absolute atomic E-state index is 0.107. The molecule has 0 saturated carbocycles. The van der Waals surface area contributed by atoms with Crippen molar-refractivity contribution in [3.8, 4) is 11.4 Å². The number of para-hydroxylation sites is 2. The predicted octanol–water partition coefficient (Wildman–Crippen LogP) is 4.35. The Hall–Kier alpha value is -4.25. The molecule has 2 aromatic carbocycles. The zero-order valence-electron chi connectivity index (χ0n) is 19.5. The van der Waals surface area contributed by atoms with Gasteiger partial charge in [0.25, 0.3) is 11.5 Å². The van der Waals surface area contributed by atoms with E-state index in [1.54, 1.807) is 24.3 Å². The van der Waals surface area contributed by atoms with Crippen molar-refractivity contribution in [1.82, 2.24) is 9.55 Å². The average Bonchev–Trinajstić information content (AvgIpc) is 3.34. The van der Waals surface area contributed by atoms with Crippen LogP contribution in [0.2, 0.25) is 0 Å². The highest BCUT2D eigenvalue weighted by Crippen LogP contribution is 2.26. The standard InChI is InChI=1S/C26H23F3N4O4/c27-26(28,29)16-37-22-4-2-1-3-21(22)33-10-9-20-23(25(33)35)19(15-30-20)24(34)31-17-5-7-18(8-6-17)32-11-13-36-14-12-32/h1-10,15,30H,11-14,16H2,(H,31,34). The third kappa shape index (κ3) is 5.31. The summed E-state index contributed by atoms with van der Waals surface area (Å²) < 4.78 is 49.6. The molecule has 1 aliphatic heterocycles. The lowest BCUT2D eigenvalue weighted by atomic mass is 10.2. The first-order chi connectivity index (χ1) is 17.8. The number of hydrogen-bond acceptors (Lipinski definition) is 5. The molecule has 37 heavy (non-hydrogen) atoms. The number of carbonyl (C=O) groups excluding carboxylic acids is 1. The van der Waals surface area contributed by atoms with Gasteiger partial charge in [0.15, 0.2) is 6.61 Å². The Morgan fingerprint density at radius 2 is 1.78 bits per heavy atom. The number of hydrogen-bond donors (Lipinski definition) is 2. The Balaban J connectivity index is 1.42. The Labute approximate surface area is 209 Å². The predicted molar refractivity (Wildman–Crippen MR) is 133 cm³/mol. The van der Waals surface area contributed by atoms with Gasteiger partial charge in [-0.05, 0) is 42.5 Å². The van der Waals surface area contributed by atoms with Crippen LogP contribution in [0.15, 0.2) is 71.8 Å². The Morgan fingerprint density at radius 1 is 1.05 bits per heavy atom. The molecule has 1 fully saturated rings. The number of aromatic nitrogens is 2. The first kappa shape index (κ1) is 24.4. The zero-order valence-corrected chi connectivity index (χ0v) is 19.5. The average molecular weight is 512 g/mol. The van der Waals surface area contributed by atoms with Gasteiger partial charge in [0.05, 0.1) is 35.4 Å². The quantitative estimate of drug-likeness (QED) is 0.401. The molecular weight excluding hydrogens is 489 g/mol. The molecule has 192 valence electrons. The summed E-state index contributed by atoms with van der Waals surface area (Å²) in [5.41, 5.74) is 1.66. The monoisotopic (exact) mass is 512 g/mol. The second-order valence-corrected chi connectivity index (χ2v) is 8.45. The van der Waals surface area contributed by atoms with Crippen LogP contribution in [-0.2, 0) is 4.74 Å². The van der Waals surface area contributed by atoms with Crippen LogP contribution < -0.4 is 20.5 Å². The molecule has 3 heterocycles.